The van der Waals surface area contributed by atoms with Crippen molar-refractivity contribution < 1.29 is 14.7 Å². The molecular formula is C15H28N2O3. The number of carbonyl (C=O) groups excluding carboxylic acids is 1. The van der Waals surface area contributed by atoms with Crippen molar-refractivity contribution in [3.8, 4) is 0 Å². The number of hydrogen-bond acceptors (Lipinski definition) is 2. The Labute approximate surface area is 121 Å². The van der Waals surface area contributed by atoms with Crippen LogP contribution in [0.5, 0.6) is 0 Å². The van der Waals surface area contributed by atoms with Gasteiger partial charge in [0.15, 0.2) is 0 Å². The molecule has 0 aliphatic carbocycles. The van der Waals surface area contributed by atoms with E-state index in [1.165, 1.54) is 0 Å². The van der Waals surface area contributed by atoms with E-state index in [2.05, 4.69) is 12.2 Å². The molecule has 5 nitrogen and oxygen atoms in total. The SMILES string of the molecule is CCC1CCCCCN1C(=O)NC(C(=O)O)C(C)(C)C. The first-order valence-corrected chi connectivity index (χ1v) is 7.57. The largest absolute Gasteiger partial charge is 0.480 e. The van der Waals surface area contributed by atoms with Gasteiger partial charge in [0.25, 0.3) is 0 Å². The summed E-state index contributed by atoms with van der Waals surface area (Å²) in [7, 11) is 0. The van der Waals surface area contributed by atoms with Crippen molar-refractivity contribution in [2.45, 2.75) is 71.9 Å². The molecule has 0 aromatic heterocycles. The van der Waals surface area contributed by atoms with Crippen LogP contribution < -0.4 is 5.32 Å². The highest BCUT2D eigenvalue weighted by Crippen LogP contribution is 2.22. The molecule has 5 heteroatoms. The second-order valence-electron chi connectivity index (χ2n) is 6.69. The third-order valence-electron chi connectivity index (χ3n) is 3.99. The van der Waals surface area contributed by atoms with Crippen molar-refractivity contribution >= 4 is 12.0 Å². The van der Waals surface area contributed by atoms with E-state index in [0.29, 0.717) is 0 Å². The highest BCUT2D eigenvalue weighted by atomic mass is 16.4. The number of likely N-dealkylation sites (tertiary alicyclic amines) is 1. The first kappa shape index (κ1) is 16.8. The molecule has 2 N–H and O–H groups in total. The minimum atomic E-state index is -0.978. The summed E-state index contributed by atoms with van der Waals surface area (Å²) in [5.74, 6) is -0.978. The minimum absolute atomic E-state index is 0.229. The zero-order valence-corrected chi connectivity index (χ0v) is 13.1. The fourth-order valence-corrected chi connectivity index (χ4v) is 2.72. The number of rotatable bonds is 3. The van der Waals surface area contributed by atoms with Gasteiger partial charge in [-0.1, -0.05) is 40.5 Å². The molecule has 1 aliphatic rings. The number of urea groups is 1. The van der Waals surface area contributed by atoms with E-state index < -0.39 is 17.4 Å². The van der Waals surface area contributed by atoms with E-state index >= 15 is 0 Å². The van der Waals surface area contributed by atoms with Gasteiger partial charge in [-0.05, 0) is 24.7 Å². The molecule has 0 saturated carbocycles. The lowest BCUT2D eigenvalue weighted by molar-refractivity contribution is -0.142. The van der Waals surface area contributed by atoms with Crippen molar-refractivity contribution in [3.05, 3.63) is 0 Å². The molecule has 1 rings (SSSR count). The Morgan fingerprint density at radius 2 is 1.95 bits per heavy atom. The summed E-state index contributed by atoms with van der Waals surface area (Å²) in [5, 5.41) is 12.0. The normalized spacial score (nSPS) is 22.0. The van der Waals surface area contributed by atoms with Crippen molar-refractivity contribution in [2.24, 2.45) is 5.41 Å². The van der Waals surface area contributed by atoms with Gasteiger partial charge >= 0.3 is 12.0 Å². The molecule has 2 atom stereocenters. The van der Waals surface area contributed by atoms with E-state index in [4.69, 9.17) is 0 Å². The molecule has 0 bridgehead atoms. The third-order valence-corrected chi connectivity index (χ3v) is 3.99. The van der Waals surface area contributed by atoms with Crippen molar-refractivity contribution in [1.82, 2.24) is 10.2 Å². The summed E-state index contributed by atoms with van der Waals surface area (Å²) in [6, 6.07) is -0.872. The fraction of sp³-hybridized carbons (Fsp3) is 0.867. The summed E-state index contributed by atoms with van der Waals surface area (Å²) in [5.41, 5.74) is -0.505. The predicted molar refractivity (Wildman–Crippen MR) is 78.7 cm³/mol. The van der Waals surface area contributed by atoms with Crippen LogP contribution in [0.25, 0.3) is 0 Å². The quantitative estimate of drug-likeness (QED) is 0.837. The smallest absolute Gasteiger partial charge is 0.326 e. The minimum Gasteiger partial charge on any atom is -0.480 e. The van der Waals surface area contributed by atoms with Crippen molar-refractivity contribution in [3.63, 3.8) is 0 Å². The van der Waals surface area contributed by atoms with Crippen LogP contribution in [0.2, 0.25) is 0 Å². The number of carboxylic acids is 1. The maximum absolute atomic E-state index is 12.4. The fourth-order valence-electron chi connectivity index (χ4n) is 2.72. The van der Waals surface area contributed by atoms with Gasteiger partial charge in [0.2, 0.25) is 0 Å². The Morgan fingerprint density at radius 1 is 1.30 bits per heavy atom. The summed E-state index contributed by atoms with van der Waals surface area (Å²) >= 11 is 0. The molecule has 1 heterocycles. The zero-order valence-electron chi connectivity index (χ0n) is 13.1. The molecule has 2 amide bonds. The van der Waals surface area contributed by atoms with Crippen LogP contribution in [0.15, 0.2) is 0 Å². The molecule has 2 unspecified atom stereocenters. The van der Waals surface area contributed by atoms with E-state index in [9.17, 15) is 14.7 Å². The van der Waals surface area contributed by atoms with Crippen LogP contribution in [-0.2, 0) is 4.79 Å². The van der Waals surface area contributed by atoms with Gasteiger partial charge in [-0.25, -0.2) is 9.59 Å². The Hall–Kier alpha value is -1.26. The first-order valence-electron chi connectivity index (χ1n) is 7.57. The van der Waals surface area contributed by atoms with E-state index in [-0.39, 0.29) is 12.1 Å². The average Bonchev–Trinajstić information content (AvgIpc) is 2.58. The zero-order chi connectivity index (χ0) is 15.3. The van der Waals surface area contributed by atoms with Gasteiger partial charge < -0.3 is 15.3 Å². The van der Waals surface area contributed by atoms with Gasteiger partial charge in [-0.3, -0.25) is 0 Å². The molecule has 0 spiro atoms. The Morgan fingerprint density at radius 3 is 2.45 bits per heavy atom. The average molecular weight is 284 g/mol. The topological polar surface area (TPSA) is 69.6 Å². The van der Waals surface area contributed by atoms with E-state index in [1.807, 2.05) is 25.7 Å². The van der Waals surface area contributed by atoms with E-state index in [1.54, 1.807) is 0 Å². The Balaban J connectivity index is 2.78. The van der Waals surface area contributed by atoms with E-state index in [0.717, 1.165) is 38.6 Å². The van der Waals surface area contributed by atoms with Crippen LogP contribution in [0.1, 0.15) is 59.8 Å². The number of aliphatic carboxylic acids is 1. The highest BCUT2D eigenvalue weighted by molar-refractivity contribution is 5.83. The van der Waals surface area contributed by atoms with Gasteiger partial charge in [0.05, 0.1) is 0 Å². The molecule has 116 valence electrons. The Bertz CT molecular complexity index is 350. The predicted octanol–water partition coefficient (Wildman–Crippen LogP) is 2.85. The number of carbonyl (C=O) groups is 2. The van der Waals surface area contributed by atoms with Crippen LogP contribution >= 0.6 is 0 Å². The Kier molecular flexibility index (Phi) is 5.84. The lowest BCUT2D eigenvalue weighted by Crippen LogP contribution is -2.55. The molecule has 1 saturated heterocycles. The summed E-state index contributed by atoms with van der Waals surface area (Å²) in [4.78, 5) is 25.6. The highest BCUT2D eigenvalue weighted by Gasteiger charge is 2.35. The maximum atomic E-state index is 12.4. The number of hydrogen-bond donors (Lipinski definition) is 2. The molecular weight excluding hydrogens is 256 g/mol. The van der Waals surface area contributed by atoms with Crippen LogP contribution in [0.3, 0.4) is 0 Å². The number of amides is 2. The molecule has 1 fully saturated rings. The number of carboxylic acid groups (broad SMARTS) is 1. The molecule has 0 radical (unpaired) electrons. The molecule has 0 aromatic rings. The van der Waals surface area contributed by atoms with Crippen molar-refractivity contribution in [2.75, 3.05) is 6.54 Å². The number of nitrogens with zero attached hydrogens (tertiary/aromatic N) is 1. The standard InChI is InChI=1S/C15H28N2O3/c1-5-11-9-7-6-8-10-17(11)14(20)16-12(13(18)19)15(2,3)4/h11-12H,5-10H2,1-4H3,(H,16,20)(H,18,19). The second kappa shape index (κ2) is 6.95. The third kappa shape index (κ3) is 4.39. The maximum Gasteiger partial charge on any atom is 0.326 e. The van der Waals surface area contributed by atoms with Crippen LogP contribution in [0, 0.1) is 5.41 Å². The monoisotopic (exact) mass is 284 g/mol. The van der Waals surface area contributed by atoms with Gasteiger partial charge in [0.1, 0.15) is 6.04 Å². The summed E-state index contributed by atoms with van der Waals surface area (Å²) in [6.07, 6.45) is 5.21. The van der Waals surface area contributed by atoms with Gasteiger partial charge in [-0.15, -0.1) is 0 Å². The first-order chi connectivity index (χ1) is 9.27. The summed E-state index contributed by atoms with van der Waals surface area (Å²) < 4.78 is 0. The second-order valence-corrected chi connectivity index (χ2v) is 6.69. The van der Waals surface area contributed by atoms with Crippen LogP contribution in [0.4, 0.5) is 4.79 Å². The van der Waals surface area contributed by atoms with Crippen LogP contribution in [-0.4, -0.2) is 40.6 Å². The summed E-state index contributed by atoms with van der Waals surface area (Å²) in [6.45, 7) is 8.28. The lowest BCUT2D eigenvalue weighted by atomic mass is 9.87. The number of nitrogens with one attached hydrogen (secondary N) is 1. The molecule has 20 heavy (non-hydrogen) atoms. The molecule has 1 aliphatic heterocycles. The van der Waals surface area contributed by atoms with Gasteiger partial charge in [0, 0.05) is 12.6 Å². The van der Waals surface area contributed by atoms with Gasteiger partial charge in [-0.2, -0.15) is 0 Å². The van der Waals surface area contributed by atoms with Crippen molar-refractivity contribution in [1.29, 1.82) is 0 Å². The lowest BCUT2D eigenvalue weighted by Gasteiger charge is -2.34. The molecule has 0 aromatic carbocycles.